The molecule has 3 heterocycles. The monoisotopic (exact) mass is 557 g/mol. The molecule has 3 N–H and O–H groups in total. The number of carbonyl (C=O) groups is 3. The molecule has 3 amide bonds. The van der Waals surface area contributed by atoms with Crippen molar-refractivity contribution in [2.75, 3.05) is 36.5 Å². The first-order valence-electron chi connectivity index (χ1n) is 12.5. The van der Waals surface area contributed by atoms with Crippen LogP contribution in [0.4, 0.5) is 20.2 Å². The van der Waals surface area contributed by atoms with Crippen LogP contribution in [0, 0.1) is 0 Å². The van der Waals surface area contributed by atoms with Crippen LogP contribution in [0.3, 0.4) is 0 Å². The number of H-pyrrole nitrogens is 1. The molecule has 40 heavy (non-hydrogen) atoms. The molecule has 2 unspecified atom stereocenters. The van der Waals surface area contributed by atoms with Crippen LogP contribution in [-0.2, 0) is 14.3 Å². The highest BCUT2D eigenvalue weighted by molar-refractivity contribution is 6.04. The maximum absolute atomic E-state index is 13.4. The van der Waals surface area contributed by atoms with Gasteiger partial charge < -0.3 is 25.0 Å². The van der Waals surface area contributed by atoms with E-state index in [0.717, 1.165) is 0 Å². The number of ether oxygens (including phenoxy) is 1. The van der Waals surface area contributed by atoms with Crippen molar-refractivity contribution in [1.29, 1.82) is 0 Å². The highest BCUT2D eigenvalue weighted by Gasteiger charge is 2.40. The SMILES string of the molecule is O=C(Nc1ccc(-c2noc(=O)[nH]2)cc1)C(O)C1OCCN(c2ccc(C(=O)N3CCC(F)(F)CC3)cc2)C1=O. The van der Waals surface area contributed by atoms with E-state index in [1.165, 1.54) is 34.1 Å². The third kappa shape index (κ3) is 5.77. The summed E-state index contributed by atoms with van der Waals surface area (Å²) in [7, 11) is 0. The second-order valence-corrected chi connectivity index (χ2v) is 9.43. The maximum Gasteiger partial charge on any atom is 0.439 e. The third-order valence-electron chi connectivity index (χ3n) is 6.75. The van der Waals surface area contributed by atoms with Gasteiger partial charge in [-0.1, -0.05) is 5.16 Å². The van der Waals surface area contributed by atoms with E-state index < -0.39 is 35.7 Å². The number of halogens is 2. The van der Waals surface area contributed by atoms with E-state index in [-0.39, 0.29) is 50.8 Å². The number of amides is 3. The minimum absolute atomic E-state index is 0.0379. The second kappa shape index (κ2) is 11.0. The van der Waals surface area contributed by atoms with Gasteiger partial charge in [0.05, 0.1) is 6.61 Å². The largest absolute Gasteiger partial charge is 0.439 e. The van der Waals surface area contributed by atoms with Crippen LogP contribution in [0.25, 0.3) is 11.4 Å². The van der Waals surface area contributed by atoms with Crippen molar-refractivity contribution in [3.05, 3.63) is 64.6 Å². The zero-order chi connectivity index (χ0) is 28.4. The van der Waals surface area contributed by atoms with Gasteiger partial charge in [-0.15, -0.1) is 0 Å². The molecule has 3 aromatic rings. The highest BCUT2D eigenvalue weighted by atomic mass is 19.3. The zero-order valence-electron chi connectivity index (χ0n) is 21.0. The van der Waals surface area contributed by atoms with Gasteiger partial charge in [-0.05, 0) is 48.5 Å². The van der Waals surface area contributed by atoms with E-state index in [2.05, 4.69) is 20.0 Å². The Morgan fingerprint density at radius 2 is 1.73 bits per heavy atom. The van der Waals surface area contributed by atoms with E-state index in [0.29, 0.717) is 22.5 Å². The number of aliphatic hydroxyl groups excluding tert-OH is 1. The standard InChI is InChI=1S/C26H25F2N5O7/c27-26(28)9-11-32(12-10-26)23(36)16-3-7-18(8-4-16)33-13-14-39-20(24(33)37)19(34)22(35)29-17-5-1-15(2-6-17)21-30-25(38)40-31-21/h1-8,19-20,34H,9-14H2,(H,29,35)(H,30,31,38). The number of aromatic nitrogens is 2. The Kier molecular flexibility index (Phi) is 7.45. The van der Waals surface area contributed by atoms with Crippen molar-refractivity contribution in [2.45, 2.75) is 31.0 Å². The Hall–Kier alpha value is -4.43. The average Bonchev–Trinajstić information content (AvgIpc) is 3.39. The normalized spacial score (nSPS) is 19.8. The van der Waals surface area contributed by atoms with Gasteiger partial charge in [-0.2, -0.15) is 0 Å². The van der Waals surface area contributed by atoms with Gasteiger partial charge in [0, 0.05) is 55.0 Å². The molecular formula is C26H25F2N5O7. The smallest absolute Gasteiger partial charge is 0.380 e. The number of alkyl halides is 2. The number of hydrogen-bond acceptors (Lipinski definition) is 8. The molecular weight excluding hydrogens is 532 g/mol. The lowest BCUT2D eigenvalue weighted by Gasteiger charge is -2.34. The van der Waals surface area contributed by atoms with Gasteiger partial charge in [0.25, 0.3) is 23.6 Å². The molecule has 12 nitrogen and oxygen atoms in total. The molecule has 2 aromatic carbocycles. The second-order valence-electron chi connectivity index (χ2n) is 9.43. The van der Waals surface area contributed by atoms with Gasteiger partial charge in [0.2, 0.25) is 0 Å². The molecule has 14 heteroatoms. The number of morpholine rings is 1. The summed E-state index contributed by atoms with van der Waals surface area (Å²) in [6.07, 6.45) is -4.05. The molecule has 2 fully saturated rings. The molecule has 210 valence electrons. The zero-order valence-corrected chi connectivity index (χ0v) is 21.0. The molecule has 0 aliphatic carbocycles. The van der Waals surface area contributed by atoms with Crippen molar-refractivity contribution in [1.82, 2.24) is 15.0 Å². The predicted molar refractivity (Wildman–Crippen MR) is 136 cm³/mol. The Labute approximate surface area is 225 Å². The minimum Gasteiger partial charge on any atom is -0.380 e. The van der Waals surface area contributed by atoms with Crippen molar-refractivity contribution in [2.24, 2.45) is 0 Å². The van der Waals surface area contributed by atoms with Gasteiger partial charge in [-0.3, -0.25) is 23.9 Å². The summed E-state index contributed by atoms with van der Waals surface area (Å²) in [5.74, 6) is -5.15. The number of carbonyl (C=O) groups excluding carboxylic acids is 3. The fraction of sp³-hybridized carbons (Fsp3) is 0.346. The van der Waals surface area contributed by atoms with Crippen LogP contribution in [0.5, 0.6) is 0 Å². The van der Waals surface area contributed by atoms with E-state index in [1.54, 1.807) is 24.3 Å². The fourth-order valence-corrected chi connectivity index (χ4v) is 4.51. The Balaban J connectivity index is 1.20. The van der Waals surface area contributed by atoms with E-state index >= 15 is 0 Å². The van der Waals surface area contributed by atoms with Crippen molar-refractivity contribution in [3.8, 4) is 11.4 Å². The van der Waals surface area contributed by atoms with Gasteiger partial charge >= 0.3 is 5.76 Å². The quantitative estimate of drug-likeness (QED) is 0.413. The molecule has 0 radical (unpaired) electrons. The first-order valence-corrected chi connectivity index (χ1v) is 12.5. The lowest BCUT2D eigenvalue weighted by atomic mass is 10.0. The van der Waals surface area contributed by atoms with Crippen LogP contribution in [0.15, 0.2) is 57.8 Å². The van der Waals surface area contributed by atoms with Crippen molar-refractivity contribution in [3.63, 3.8) is 0 Å². The number of nitrogens with one attached hydrogen (secondary N) is 2. The average molecular weight is 558 g/mol. The number of aromatic amines is 1. The molecule has 2 saturated heterocycles. The van der Waals surface area contributed by atoms with Gasteiger partial charge in [0.1, 0.15) is 0 Å². The Morgan fingerprint density at radius 1 is 1.05 bits per heavy atom. The summed E-state index contributed by atoms with van der Waals surface area (Å²) in [6, 6.07) is 12.3. The molecule has 2 atom stereocenters. The number of benzene rings is 2. The van der Waals surface area contributed by atoms with Crippen LogP contribution in [0.2, 0.25) is 0 Å². The number of anilines is 2. The minimum atomic E-state index is -2.76. The molecule has 1 aromatic heterocycles. The van der Waals surface area contributed by atoms with E-state index in [9.17, 15) is 33.1 Å². The maximum atomic E-state index is 13.4. The molecule has 2 aliphatic rings. The van der Waals surface area contributed by atoms with Gasteiger partial charge in [0.15, 0.2) is 18.0 Å². The van der Waals surface area contributed by atoms with Crippen LogP contribution < -0.4 is 16.0 Å². The summed E-state index contributed by atoms with van der Waals surface area (Å²) in [6.45, 7) is 0.130. The predicted octanol–water partition coefficient (Wildman–Crippen LogP) is 1.63. The number of piperidine rings is 1. The van der Waals surface area contributed by atoms with Crippen molar-refractivity contribution < 1.29 is 37.5 Å². The first-order chi connectivity index (χ1) is 19.1. The topological polar surface area (TPSA) is 158 Å². The van der Waals surface area contributed by atoms with Crippen LogP contribution in [-0.4, -0.2) is 82.2 Å². The summed E-state index contributed by atoms with van der Waals surface area (Å²) < 4.78 is 36.7. The third-order valence-corrected chi connectivity index (χ3v) is 6.75. The molecule has 0 bridgehead atoms. The number of aliphatic hydroxyl groups is 1. The number of rotatable bonds is 6. The lowest BCUT2D eigenvalue weighted by Crippen LogP contribution is -2.55. The summed E-state index contributed by atoms with van der Waals surface area (Å²) >= 11 is 0. The molecule has 0 spiro atoms. The summed E-state index contributed by atoms with van der Waals surface area (Å²) in [5.41, 5.74) is 1.56. The molecule has 2 aliphatic heterocycles. The number of likely N-dealkylation sites (tertiary alicyclic amines) is 1. The lowest BCUT2D eigenvalue weighted by molar-refractivity contribution is -0.150. The summed E-state index contributed by atoms with van der Waals surface area (Å²) in [4.78, 5) is 54.7. The fourth-order valence-electron chi connectivity index (χ4n) is 4.51. The Bertz CT molecular complexity index is 1450. The van der Waals surface area contributed by atoms with Crippen LogP contribution >= 0.6 is 0 Å². The van der Waals surface area contributed by atoms with E-state index in [1.807, 2.05) is 0 Å². The Morgan fingerprint density at radius 3 is 2.35 bits per heavy atom. The number of hydrogen-bond donors (Lipinski definition) is 3. The molecule has 0 saturated carbocycles. The van der Waals surface area contributed by atoms with Gasteiger partial charge in [-0.25, -0.2) is 13.6 Å². The summed E-state index contributed by atoms with van der Waals surface area (Å²) in [5, 5.41) is 16.7. The first kappa shape index (κ1) is 27.1. The van der Waals surface area contributed by atoms with E-state index in [4.69, 9.17) is 4.74 Å². The number of nitrogens with zero attached hydrogens (tertiary/aromatic N) is 3. The van der Waals surface area contributed by atoms with Crippen LogP contribution in [0.1, 0.15) is 23.2 Å². The highest BCUT2D eigenvalue weighted by Crippen LogP contribution is 2.29. The molecule has 5 rings (SSSR count). The van der Waals surface area contributed by atoms with Crippen molar-refractivity contribution >= 4 is 29.1 Å².